The summed E-state index contributed by atoms with van der Waals surface area (Å²) in [5.74, 6) is -0.329. The van der Waals surface area contributed by atoms with Crippen LogP contribution in [0.5, 0.6) is 0 Å². The Hall–Kier alpha value is -2.18. The minimum Gasteiger partial charge on any atom is -0.322 e. The SMILES string of the molecule is CNS(=O)(=O)c1ccc(C)c(C(=O)Nc2cccc(C)c2C)c1. The van der Waals surface area contributed by atoms with Crippen molar-refractivity contribution in [2.24, 2.45) is 0 Å². The molecule has 0 atom stereocenters. The van der Waals surface area contributed by atoms with Crippen molar-refractivity contribution in [1.82, 2.24) is 4.72 Å². The Kier molecular flexibility index (Phi) is 4.87. The molecular weight excluding hydrogens is 312 g/mol. The molecule has 6 heteroatoms. The minimum absolute atomic E-state index is 0.0664. The van der Waals surface area contributed by atoms with Gasteiger partial charge in [0.1, 0.15) is 0 Å². The Bertz CT molecular complexity index is 858. The van der Waals surface area contributed by atoms with E-state index in [1.807, 2.05) is 32.0 Å². The molecule has 5 nitrogen and oxygen atoms in total. The lowest BCUT2D eigenvalue weighted by atomic mass is 10.1. The molecule has 2 aromatic carbocycles. The van der Waals surface area contributed by atoms with E-state index in [9.17, 15) is 13.2 Å². The number of hydrogen-bond acceptors (Lipinski definition) is 3. The average molecular weight is 332 g/mol. The number of benzene rings is 2. The highest BCUT2D eigenvalue weighted by Gasteiger charge is 2.17. The standard InChI is InChI=1S/C17H20N2O3S/c1-11-6-5-7-16(13(11)3)19-17(20)15-10-14(9-8-12(15)2)23(21,22)18-4/h5-10,18H,1-4H3,(H,19,20). The fraction of sp³-hybridized carbons (Fsp3) is 0.235. The van der Waals surface area contributed by atoms with E-state index in [4.69, 9.17) is 0 Å². The van der Waals surface area contributed by atoms with Gasteiger partial charge in [0, 0.05) is 11.3 Å². The van der Waals surface area contributed by atoms with Crippen molar-refractivity contribution in [3.05, 3.63) is 58.7 Å². The number of hydrogen-bond donors (Lipinski definition) is 2. The first-order valence-electron chi connectivity index (χ1n) is 7.18. The smallest absolute Gasteiger partial charge is 0.255 e. The fourth-order valence-electron chi connectivity index (χ4n) is 2.21. The number of anilines is 1. The molecular formula is C17H20N2O3S. The molecule has 0 saturated carbocycles. The largest absolute Gasteiger partial charge is 0.322 e. The lowest BCUT2D eigenvalue weighted by Gasteiger charge is -2.12. The zero-order chi connectivity index (χ0) is 17.2. The molecule has 2 rings (SSSR count). The van der Waals surface area contributed by atoms with Crippen LogP contribution in [-0.4, -0.2) is 21.4 Å². The Morgan fingerprint density at radius 2 is 1.70 bits per heavy atom. The third-order valence-corrected chi connectivity index (χ3v) is 5.30. The van der Waals surface area contributed by atoms with E-state index < -0.39 is 10.0 Å². The quantitative estimate of drug-likeness (QED) is 0.904. The van der Waals surface area contributed by atoms with Gasteiger partial charge in [-0.1, -0.05) is 18.2 Å². The van der Waals surface area contributed by atoms with Crippen LogP contribution < -0.4 is 10.0 Å². The molecule has 0 radical (unpaired) electrons. The maximum atomic E-state index is 12.5. The summed E-state index contributed by atoms with van der Waals surface area (Å²) >= 11 is 0. The van der Waals surface area contributed by atoms with Crippen molar-refractivity contribution >= 4 is 21.6 Å². The summed E-state index contributed by atoms with van der Waals surface area (Å²) in [4.78, 5) is 12.6. The summed E-state index contributed by atoms with van der Waals surface area (Å²) in [5.41, 5.74) is 3.82. The molecule has 0 aliphatic carbocycles. The monoisotopic (exact) mass is 332 g/mol. The highest BCUT2D eigenvalue weighted by molar-refractivity contribution is 7.89. The van der Waals surface area contributed by atoms with Crippen LogP contribution in [-0.2, 0) is 10.0 Å². The molecule has 0 bridgehead atoms. The fourth-order valence-corrected chi connectivity index (χ4v) is 2.96. The molecule has 0 aliphatic rings. The molecule has 23 heavy (non-hydrogen) atoms. The third kappa shape index (κ3) is 3.60. The number of amides is 1. The van der Waals surface area contributed by atoms with Gasteiger partial charge in [-0.05, 0) is 62.7 Å². The van der Waals surface area contributed by atoms with Gasteiger partial charge in [-0.3, -0.25) is 4.79 Å². The molecule has 0 saturated heterocycles. The summed E-state index contributed by atoms with van der Waals surface area (Å²) < 4.78 is 26.1. The van der Waals surface area contributed by atoms with Crippen LogP contribution in [0, 0.1) is 20.8 Å². The highest BCUT2D eigenvalue weighted by atomic mass is 32.2. The van der Waals surface area contributed by atoms with Gasteiger partial charge in [0.15, 0.2) is 0 Å². The zero-order valence-corrected chi connectivity index (χ0v) is 14.4. The van der Waals surface area contributed by atoms with Gasteiger partial charge in [0.25, 0.3) is 5.91 Å². The van der Waals surface area contributed by atoms with Crippen LogP contribution in [0.4, 0.5) is 5.69 Å². The van der Waals surface area contributed by atoms with Gasteiger partial charge in [0.2, 0.25) is 10.0 Å². The maximum absolute atomic E-state index is 12.5. The molecule has 1 amide bonds. The summed E-state index contributed by atoms with van der Waals surface area (Å²) in [6.07, 6.45) is 0. The summed E-state index contributed by atoms with van der Waals surface area (Å²) in [7, 11) is -2.25. The number of carbonyl (C=O) groups excluding carboxylic acids is 1. The van der Waals surface area contributed by atoms with Crippen LogP contribution >= 0.6 is 0 Å². The molecule has 0 fully saturated rings. The van der Waals surface area contributed by atoms with E-state index in [1.54, 1.807) is 13.0 Å². The summed E-state index contributed by atoms with van der Waals surface area (Å²) in [6.45, 7) is 5.67. The maximum Gasteiger partial charge on any atom is 0.255 e. The number of nitrogens with one attached hydrogen (secondary N) is 2. The topological polar surface area (TPSA) is 75.3 Å². The normalized spacial score (nSPS) is 11.3. The van der Waals surface area contributed by atoms with E-state index in [0.717, 1.165) is 16.8 Å². The predicted octanol–water partition coefficient (Wildman–Crippen LogP) is 2.77. The van der Waals surface area contributed by atoms with Gasteiger partial charge in [-0.2, -0.15) is 0 Å². The molecule has 2 aromatic rings. The van der Waals surface area contributed by atoms with Gasteiger partial charge in [-0.15, -0.1) is 0 Å². The molecule has 0 aromatic heterocycles. The van der Waals surface area contributed by atoms with Gasteiger partial charge in [-0.25, -0.2) is 13.1 Å². The second-order valence-electron chi connectivity index (χ2n) is 5.39. The molecule has 122 valence electrons. The lowest BCUT2D eigenvalue weighted by molar-refractivity contribution is 0.102. The first kappa shape index (κ1) is 17.2. The third-order valence-electron chi connectivity index (χ3n) is 3.89. The summed E-state index contributed by atoms with van der Waals surface area (Å²) in [6, 6.07) is 10.2. The van der Waals surface area contributed by atoms with Crippen molar-refractivity contribution in [1.29, 1.82) is 0 Å². The summed E-state index contributed by atoms with van der Waals surface area (Å²) in [5, 5.41) is 2.85. The van der Waals surface area contributed by atoms with E-state index in [2.05, 4.69) is 10.0 Å². The Labute approximate surface area is 136 Å². The first-order valence-corrected chi connectivity index (χ1v) is 8.66. The predicted molar refractivity (Wildman–Crippen MR) is 91.3 cm³/mol. The van der Waals surface area contributed by atoms with E-state index >= 15 is 0 Å². The Balaban J connectivity index is 2.40. The second kappa shape index (κ2) is 6.52. The number of carbonyl (C=O) groups is 1. The van der Waals surface area contributed by atoms with Crippen LogP contribution in [0.1, 0.15) is 27.0 Å². The number of aryl methyl sites for hydroxylation is 2. The zero-order valence-electron chi connectivity index (χ0n) is 13.6. The average Bonchev–Trinajstić information content (AvgIpc) is 2.52. The molecule has 0 heterocycles. The van der Waals surface area contributed by atoms with Crippen molar-refractivity contribution in [2.45, 2.75) is 25.7 Å². The van der Waals surface area contributed by atoms with Crippen molar-refractivity contribution in [3.63, 3.8) is 0 Å². The van der Waals surface area contributed by atoms with Gasteiger partial charge < -0.3 is 5.32 Å². The Morgan fingerprint density at radius 1 is 1.00 bits per heavy atom. The minimum atomic E-state index is -3.59. The highest BCUT2D eigenvalue weighted by Crippen LogP contribution is 2.21. The van der Waals surface area contributed by atoms with Crippen LogP contribution in [0.2, 0.25) is 0 Å². The van der Waals surface area contributed by atoms with Crippen LogP contribution in [0.3, 0.4) is 0 Å². The second-order valence-corrected chi connectivity index (χ2v) is 7.27. The first-order chi connectivity index (χ1) is 10.8. The van der Waals surface area contributed by atoms with Crippen molar-refractivity contribution < 1.29 is 13.2 Å². The van der Waals surface area contributed by atoms with Crippen LogP contribution in [0.15, 0.2) is 41.3 Å². The lowest BCUT2D eigenvalue weighted by Crippen LogP contribution is -2.20. The molecule has 0 unspecified atom stereocenters. The molecule has 0 aliphatic heterocycles. The Morgan fingerprint density at radius 3 is 2.35 bits per heavy atom. The van der Waals surface area contributed by atoms with Crippen molar-refractivity contribution in [2.75, 3.05) is 12.4 Å². The number of rotatable bonds is 4. The van der Waals surface area contributed by atoms with Crippen molar-refractivity contribution in [3.8, 4) is 0 Å². The molecule has 0 spiro atoms. The van der Waals surface area contributed by atoms with E-state index in [1.165, 1.54) is 19.2 Å². The van der Waals surface area contributed by atoms with Gasteiger partial charge >= 0.3 is 0 Å². The van der Waals surface area contributed by atoms with Crippen LogP contribution in [0.25, 0.3) is 0 Å². The van der Waals surface area contributed by atoms with Gasteiger partial charge in [0.05, 0.1) is 4.90 Å². The van der Waals surface area contributed by atoms with E-state index in [0.29, 0.717) is 11.1 Å². The number of sulfonamides is 1. The van der Waals surface area contributed by atoms with E-state index in [-0.39, 0.29) is 10.8 Å². The molecule has 2 N–H and O–H groups in total.